The van der Waals surface area contributed by atoms with Crippen LogP contribution in [0.4, 0.5) is 0 Å². The van der Waals surface area contributed by atoms with Crippen molar-refractivity contribution in [2.75, 3.05) is 33.4 Å². The van der Waals surface area contributed by atoms with E-state index in [1.54, 1.807) is 0 Å². The van der Waals surface area contributed by atoms with Crippen LogP contribution >= 0.6 is 24.0 Å². The molecular formula is C13H30IN3O. The molecule has 0 atom stereocenters. The summed E-state index contributed by atoms with van der Waals surface area (Å²) in [6, 6.07) is 0. The number of aliphatic imine (C=N–C) groups is 1. The topological polar surface area (TPSA) is 45.6 Å². The van der Waals surface area contributed by atoms with Crippen LogP contribution in [0.2, 0.25) is 0 Å². The van der Waals surface area contributed by atoms with E-state index in [0.29, 0.717) is 0 Å². The van der Waals surface area contributed by atoms with Crippen LogP contribution in [-0.4, -0.2) is 39.3 Å². The Hall–Kier alpha value is -0.0400. The number of guanidine groups is 1. The van der Waals surface area contributed by atoms with Gasteiger partial charge in [0.05, 0.1) is 0 Å². The standard InChI is InChI=1S/C13H29N3O.HI/c1-5-17-11-7-6-9-15-13(14-4)16-10-8-12(2)3;/h12H,5-11H2,1-4H3,(H2,14,15,16);1H. The van der Waals surface area contributed by atoms with E-state index in [1.807, 2.05) is 14.0 Å². The van der Waals surface area contributed by atoms with Crippen molar-refractivity contribution >= 4 is 29.9 Å². The third kappa shape index (κ3) is 14.0. The monoisotopic (exact) mass is 371 g/mol. The van der Waals surface area contributed by atoms with Gasteiger partial charge in [-0.25, -0.2) is 0 Å². The van der Waals surface area contributed by atoms with E-state index in [4.69, 9.17) is 4.74 Å². The molecular weight excluding hydrogens is 341 g/mol. The Morgan fingerprint density at radius 1 is 1.17 bits per heavy atom. The number of rotatable bonds is 9. The van der Waals surface area contributed by atoms with E-state index in [0.717, 1.165) is 51.0 Å². The van der Waals surface area contributed by atoms with E-state index in [9.17, 15) is 0 Å². The minimum Gasteiger partial charge on any atom is -0.382 e. The SMILES string of the molecule is CCOCCCCNC(=NC)NCCC(C)C.I. The number of ether oxygens (including phenoxy) is 1. The van der Waals surface area contributed by atoms with E-state index >= 15 is 0 Å². The van der Waals surface area contributed by atoms with Crippen molar-refractivity contribution in [3.8, 4) is 0 Å². The molecule has 110 valence electrons. The zero-order valence-corrected chi connectivity index (χ0v) is 14.6. The van der Waals surface area contributed by atoms with E-state index < -0.39 is 0 Å². The minimum atomic E-state index is 0. The summed E-state index contributed by atoms with van der Waals surface area (Å²) in [6.45, 7) is 10.1. The van der Waals surface area contributed by atoms with Crippen LogP contribution in [0.1, 0.15) is 40.0 Å². The Morgan fingerprint density at radius 2 is 1.83 bits per heavy atom. The largest absolute Gasteiger partial charge is 0.382 e. The lowest BCUT2D eigenvalue weighted by atomic mass is 10.1. The molecule has 0 amide bonds. The summed E-state index contributed by atoms with van der Waals surface area (Å²) < 4.78 is 5.28. The lowest BCUT2D eigenvalue weighted by molar-refractivity contribution is 0.143. The summed E-state index contributed by atoms with van der Waals surface area (Å²) in [5.41, 5.74) is 0. The molecule has 0 aromatic carbocycles. The molecule has 0 rings (SSSR count). The molecule has 0 bridgehead atoms. The molecule has 18 heavy (non-hydrogen) atoms. The van der Waals surface area contributed by atoms with Crippen LogP contribution in [-0.2, 0) is 4.74 Å². The highest BCUT2D eigenvalue weighted by atomic mass is 127. The molecule has 0 saturated carbocycles. The second-order valence-corrected chi connectivity index (χ2v) is 4.51. The Balaban J connectivity index is 0. The molecule has 0 aromatic rings. The highest BCUT2D eigenvalue weighted by Gasteiger charge is 1.98. The molecule has 2 N–H and O–H groups in total. The van der Waals surface area contributed by atoms with Crippen molar-refractivity contribution in [2.24, 2.45) is 10.9 Å². The van der Waals surface area contributed by atoms with Gasteiger partial charge in [0.1, 0.15) is 0 Å². The zero-order chi connectivity index (χ0) is 12.9. The maximum absolute atomic E-state index is 5.28. The van der Waals surface area contributed by atoms with Crippen LogP contribution in [0.15, 0.2) is 4.99 Å². The average molecular weight is 371 g/mol. The van der Waals surface area contributed by atoms with Crippen LogP contribution in [0.3, 0.4) is 0 Å². The summed E-state index contributed by atoms with van der Waals surface area (Å²) in [6.07, 6.45) is 3.39. The number of unbranched alkanes of at least 4 members (excludes halogenated alkanes) is 1. The van der Waals surface area contributed by atoms with Gasteiger partial charge in [0.2, 0.25) is 0 Å². The molecule has 0 saturated heterocycles. The van der Waals surface area contributed by atoms with Gasteiger partial charge in [-0.05, 0) is 32.1 Å². The third-order valence-electron chi connectivity index (χ3n) is 2.45. The van der Waals surface area contributed by atoms with Gasteiger partial charge in [0.15, 0.2) is 5.96 Å². The second kappa shape index (κ2) is 15.0. The van der Waals surface area contributed by atoms with Gasteiger partial charge in [-0.2, -0.15) is 0 Å². The molecule has 0 fully saturated rings. The Labute approximate surface area is 129 Å². The Morgan fingerprint density at radius 3 is 2.39 bits per heavy atom. The molecule has 0 unspecified atom stereocenters. The molecule has 0 aromatic heterocycles. The number of nitrogens with one attached hydrogen (secondary N) is 2. The van der Waals surface area contributed by atoms with Gasteiger partial charge < -0.3 is 15.4 Å². The first-order chi connectivity index (χ1) is 8.20. The minimum absolute atomic E-state index is 0. The highest BCUT2D eigenvalue weighted by Crippen LogP contribution is 1.96. The number of hydrogen-bond donors (Lipinski definition) is 2. The Kier molecular flexibility index (Phi) is 16.9. The maximum atomic E-state index is 5.28. The van der Waals surface area contributed by atoms with E-state index in [2.05, 4.69) is 29.5 Å². The van der Waals surface area contributed by atoms with Crippen LogP contribution in [0.25, 0.3) is 0 Å². The molecule has 5 heteroatoms. The molecule has 0 heterocycles. The number of nitrogens with zero attached hydrogens (tertiary/aromatic N) is 1. The fourth-order valence-corrected chi connectivity index (χ4v) is 1.38. The number of hydrogen-bond acceptors (Lipinski definition) is 2. The molecule has 0 spiro atoms. The first-order valence-corrected chi connectivity index (χ1v) is 6.73. The fraction of sp³-hybridized carbons (Fsp3) is 0.923. The van der Waals surface area contributed by atoms with Gasteiger partial charge in [0, 0.05) is 33.4 Å². The van der Waals surface area contributed by atoms with E-state index in [1.165, 1.54) is 6.42 Å². The van der Waals surface area contributed by atoms with Crippen LogP contribution in [0.5, 0.6) is 0 Å². The number of halogens is 1. The third-order valence-corrected chi connectivity index (χ3v) is 2.45. The summed E-state index contributed by atoms with van der Waals surface area (Å²) >= 11 is 0. The maximum Gasteiger partial charge on any atom is 0.190 e. The Bertz CT molecular complexity index is 199. The molecule has 0 aliphatic heterocycles. The van der Waals surface area contributed by atoms with E-state index in [-0.39, 0.29) is 24.0 Å². The highest BCUT2D eigenvalue weighted by molar-refractivity contribution is 14.0. The molecule has 0 aliphatic carbocycles. The average Bonchev–Trinajstić information content (AvgIpc) is 2.30. The van der Waals surface area contributed by atoms with Crippen molar-refractivity contribution in [2.45, 2.75) is 40.0 Å². The lowest BCUT2D eigenvalue weighted by Crippen LogP contribution is -2.38. The predicted octanol–water partition coefficient (Wildman–Crippen LogP) is 2.63. The summed E-state index contributed by atoms with van der Waals surface area (Å²) in [5.74, 6) is 1.63. The van der Waals surface area contributed by atoms with Gasteiger partial charge in [-0.3, -0.25) is 4.99 Å². The molecule has 4 nitrogen and oxygen atoms in total. The zero-order valence-electron chi connectivity index (χ0n) is 12.3. The van der Waals surface area contributed by atoms with Gasteiger partial charge >= 0.3 is 0 Å². The fourth-order valence-electron chi connectivity index (χ4n) is 1.38. The van der Waals surface area contributed by atoms with Crippen molar-refractivity contribution in [1.82, 2.24) is 10.6 Å². The van der Waals surface area contributed by atoms with Crippen molar-refractivity contribution in [3.05, 3.63) is 0 Å². The van der Waals surface area contributed by atoms with Crippen molar-refractivity contribution in [3.63, 3.8) is 0 Å². The quantitative estimate of drug-likeness (QED) is 0.284. The second-order valence-electron chi connectivity index (χ2n) is 4.51. The molecule has 0 aliphatic rings. The summed E-state index contributed by atoms with van der Waals surface area (Å²) in [4.78, 5) is 4.18. The van der Waals surface area contributed by atoms with Crippen LogP contribution < -0.4 is 10.6 Å². The normalized spacial score (nSPS) is 11.3. The smallest absolute Gasteiger partial charge is 0.190 e. The van der Waals surface area contributed by atoms with Gasteiger partial charge in [-0.15, -0.1) is 24.0 Å². The first kappa shape index (κ1) is 20.3. The van der Waals surface area contributed by atoms with Crippen molar-refractivity contribution in [1.29, 1.82) is 0 Å². The van der Waals surface area contributed by atoms with Gasteiger partial charge in [-0.1, -0.05) is 13.8 Å². The van der Waals surface area contributed by atoms with Crippen LogP contribution in [0, 0.1) is 5.92 Å². The molecule has 0 radical (unpaired) electrons. The summed E-state index contributed by atoms with van der Waals surface area (Å²) in [5, 5.41) is 6.61. The lowest BCUT2D eigenvalue weighted by Gasteiger charge is -2.12. The predicted molar refractivity (Wildman–Crippen MR) is 90.0 cm³/mol. The summed E-state index contributed by atoms with van der Waals surface area (Å²) in [7, 11) is 1.81. The van der Waals surface area contributed by atoms with Crippen molar-refractivity contribution < 1.29 is 4.74 Å². The van der Waals surface area contributed by atoms with Gasteiger partial charge in [0.25, 0.3) is 0 Å². The first-order valence-electron chi connectivity index (χ1n) is 6.73.